The van der Waals surface area contributed by atoms with Crippen molar-refractivity contribution >= 4 is 5.69 Å². The van der Waals surface area contributed by atoms with Crippen molar-refractivity contribution in [1.82, 2.24) is 9.55 Å². The van der Waals surface area contributed by atoms with Crippen LogP contribution in [0, 0.1) is 0 Å². The van der Waals surface area contributed by atoms with Gasteiger partial charge in [-0.25, -0.2) is 4.98 Å². The first-order chi connectivity index (χ1) is 9.84. The number of benzene rings is 1. The molecule has 21 heavy (non-hydrogen) atoms. The summed E-state index contributed by atoms with van der Waals surface area (Å²) in [5.74, 6) is 0.697. The monoisotopic (exact) mass is 297 g/mol. The molecule has 1 aromatic carbocycles. The van der Waals surface area contributed by atoms with Crippen molar-refractivity contribution in [2.24, 2.45) is 0 Å². The summed E-state index contributed by atoms with van der Waals surface area (Å²) in [4.78, 5) is 3.41. The van der Waals surface area contributed by atoms with Crippen LogP contribution in [0.4, 0.5) is 18.9 Å². The first-order valence-corrected chi connectivity index (χ1v) is 6.50. The quantitative estimate of drug-likeness (QED) is 0.867. The van der Waals surface area contributed by atoms with Crippen molar-refractivity contribution in [3.63, 3.8) is 0 Å². The molecule has 0 fully saturated rings. The first kappa shape index (κ1) is 13.8. The zero-order valence-electron chi connectivity index (χ0n) is 11.3. The van der Waals surface area contributed by atoms with Gasteiger partial charge in [0.1, 0.15) is 11.9 Å². The Kier molecular flexibility index (Phi) is 3.07. The molecule has 0 saturated heterocycles. The van der Waals surface area contributed by atoms with Gasteiger partial charge in [-0.05, 0) is 18.6 Å². The molecule has 3 rings (SSSR count). The van der Waals surface area contributed by atoms with Gasteiger partial charge in [0.15, 0.2) is 5.69 Å². The SMILES string of the molecule is C[C@@H]([C@@H]1Cc2ccc(N)cc2O1)n1cnc(C(F)(F)F)c1. The maximum atomic E-state index is 12.6. The fraction of sp³-hybridized carbons (Fsp3) is 0.357. The van der Waals surface area contributed by atoms with Crippen molar-refractivity contribution in [1.29, 1.82) is 0 Å². The normalized spacial score (nSPS) is 19.1. The van der Waals surface area contributed by atoms with Crippen LogP contribution < -0.4 is 10.5 Å². The van der Waals surface area contributed by atoms with Crippen molar-refractivity contribution in [3.05, 3.63) is 42.0 Å². The lowest BCUT2D eigenvalue weighted by atomic mass is 10.1. The number of fused-ring (bicyclic) bond motifs is 1. The maximum Gasteiger partial charge on any atom is 0.434 e. The largest absolute Gasteiger partial charge is 0.488 e. The smallest absolute Gasteiger partial charge is 0.434 e. The average Bonchev–Trinajstić information content (AvgIpc) is 3.03. The van der Waals surface area contributed by atoms with E-state index in [0.717, 1.165) is 11.8 Å². The lowest BCUT2D eigenvalue weighted by Gasteiger charge is -2.20. The number of halogens is 3. The standard InChI is InChI=1S/C14H14F3N3O/c1-8(20-6-13(19-7-20)14(15,16)17)11-4-9-2-3-10(18)5-12(9)21-11/h2-3,5-8,11H,4,18H2,1H3/t8-,11-/m0/s1. The lowest BCUT2D eigenvalue weighted by molar-refractivity contribution is -0.141. The van der Waals surface area contributed by atoms with Gasteiger partial charge in [-0.2, -0.15) is 13.2 Å². The number of imidazole rings is 1. The van der Waals surface area contributed by atoms with Crippen molar-refractivity contribution in [3.8, 4) is 5.75 Å². The van der Waals surface area contributed by atoms with Crippen LogP contribution in [0.2, 0.25) is 0 Å². The molecule has 2 heterocycles. The van der Waals surface area contributed by atoms with Crippen LogP contribution in [0.3, 0.4) is 0 Å². The highest BCUT2D eigenvalue weighted by atomic mass is 19.4. The number of alkyl halides is 3. The minimum absolute atomic E-state index is 0.239. The molecular formula is C14H14F3N3O. The number of hydrogen-bond donors (Lipinski definition) is 1. The Balaban J connectivity index is 1.78. The highest BCUT2D eigenvalue weighted by Gasteiger charge is 2.35. The molecule has 2 atom stereocenters. The molecular weight excluding hydrogens is 283 g/mol. The zero-order chi connectivity index (χ0) is 15.2. The Morgan fingerprint density at radius 2 is 2.19 bits per heavy atom. The molecule has 0 amide bonds. The predicted octanol–water partition coefficient (Wildman–Crippen LogP) is 3.05. The topological polar surface area (TPSA) is 53.1 Å². The predicted molar refractivity (Wildman–Crippen MR) is 70.9 cm³/mol. The van der Waals surface area contributed by atoms with E-state index in [-0.39, 0.29) is 12.1 Å². The summed E-state index contributed by atoms with van der Waals surface area (Å²) in [6, 6.07) is 5.14. The van der Waals surface area contributed by atoms with Gasteiger partial charge in [-0.1, -0.05) is 6.07 Å². The van der Waals surface area contributed by atoms with E-state index < -0.39 is 11.9 Å². The van der Waals surface area contributed by atoms with E-state index in [1.54, 1.807) is 12.1 Å². The molecule has 1 aliphatic heterocycles. The number of rotatable bonds is 2. The van der Waals surface area contributed by atoms with Crippen molar-refractivity contribution in [2.45, 2.75) is 31.7 Å². The van der Waals surface area contributed by atoms with Crippen molar-refractivity contribution in [2.75, 3.05) is 5.73 Å². The van der Waals surface area contributed by atoms with E-state index in [1.807, 2.05) is 13.0 Å². The Morgan fingerprint density at radius 3 is 2.86 bits per heavy atom. The number of anilines is 1. The summed E-state index contributed by atoms with van der Waals surface area (Å²) in [6.07, 6.45) is -1.84. The molecule has 0 radical (unpaired) electrons. The molecule has 0 unspecified atom stereocenters. The summed E-state index contributed by atoms with van der Waals surface area (Å²) in [6.45, 7) is 1.81. The second kappa shape index (κ2) is 4.68. The van der Waals surface area contributed by atoms with E-state index in [0.29, 0.717) is 17.9 Å². The molecule has 0 saturated carbocycles. The van der Waals surface area contributed by atoms with E-state index >= 15 is 0 Å². The van der Waals surface area contributed by atoms with Gasteiger partial charge in [0.25, 0.3) is 0 Å². The van der Waals surface area contributed by atoms with Crippen LogP contribution in [0.25, 0.3) is 0 Å². The van der Waals surface area contributed by atoms with Gasteiger partial charge in [0.2, 0.25) is 0 Å². The van der Waals surface area contributed by atoms with E-state index in [4.69, 9.17) is 10.5 Å². The Morgan fingerprint density at radius 1 is 1.43 bits per heavy atom. The molecule has 4 nitrogen and oxygen atoms in total. The van der Waals surface area contributed by atoms with E-state index in [1.165, 1.54) is 10.9 Å². The molecule has 1 aromatic heterocycles. The van der Waals surface area contributed by atoms with Crippen LogP contribution in [0.1, 0.15) is 24.2 Å². The molecule has 112 valence electrons. The van der Waals surface area contributed by atoms with Crippen LogP contribution in [-0.2, 0) is 12.6 Å². The number of ether oxygens (including phenoxy) is 1. The molecule has 2 aromatic rings. The fourth-order valence-corrected chi connectivity index (χ4v) is 2.44. The molecule has 0 spiro atoms. The third kappa shape index (κ3) is 2.55. The third-order valence-corrected chi connectivity index (χ3v) is 3.69. The molecule has 0 aliphatic carbocycles. The lowest BCUT2D eigenvalue weighted by Crippen LogP contribution is -2.25. The fourth-order valence-electron chi connectivity index (χ4n) is 2.44. The maximum absolute atomic E-state index is 12.6. The molecule has 0 bridgehead atoms. The summed E-state index contributed by atoms with van der Waals surface area (Å²) in [5.41, 5.74) is 6.41. The second-order valence-corrected chi connectivity index (χ2v) is 5.17. The third-order valence-electron chi connectivity index (χ3n) is 3.69. The van der Waals surface area contributed by atoms with Gasteiger partial charge in [-0.15, -0.1) is 0 Å². The van der Waals surface area contributed by atoms with Gasteiger partial charge in [-0.3, -0.25) is 0 Å². The van der Waals surface area contributed by atoms with Crippen LogP contribution in [0.5, 0.6) is 5.75 Å². The highest BCUT2D eigenvalue weighted by Crippen LogP contribution is 2.35. The van der Waals surface area contributed by atoms with Crippen LogP contribution in [-0.4, -0.2) is 15.7 Å². The van der Waals surface area contributed by atoms with Crippen LogP contribution >= 0.6 is 0 Å². The van der Waals surface area contributed by atoms with Crippen LogP contribution in [0.15, 0.2) is 30.7 Å². The average molecular weight is 297 g/mol. The zero-order valence-corrected chi connectivity index (χ0v) is 11.3. The Labute approximate surface area is 119 Å². The van der Waals surface area contributed by atoms with Gasteiger partial charge < -0.3 is 15.0 Å². The number of nitrogens with two attached hydrogens (primary N) is 1. The van der Waals surface area contributed by atoms with Crippen molar-refractivity contribution < 1.29 is 17.9 Å². The van der Waals surface area contributed by atoms with Gasteiger partial charge in [0, 0.05) is 24.4 Å². The summed E-state index contributed by atoms with van der Waals surface area (Å²) < 4.78 is 45.0. The number of aromatic nitrogens is 2. The number of nitrogen functional groups attached to an aromatic ring is 1. The summed E-state index contributed by atoms with van der Waals surface area (Å²) in [7, 11) is 0. The Hall–Kier alpha value is -2.18. The highest BCUT2D eigenvalue weighted by molar-refractivity contribution is 5.50. The molecule has 7 heteroatoms. The number of hydrogen-bond acceptors (Lipinski definition) is 3. The van der Waals surface area contributed by atoms with E-state index in [9.17, 15) is 13.2 Å². The summed E-state index contributed by atoms with van der Waals surface area (Å²) in [5, 5.41) is 0. The molecule has 1 aliphatic rings. The second-order valence-electron chi connectivity index (χ2n) is 5.17. The Bertz CT molecular complexity index is 666. The van der Waals surface area contributed by atoms with Gasteiger partial charge in [0.05, 0.1) is 12.4 Å². The first-order valence-electron chi connectivity index (χ1n) is 6.50. The minimum Gasteiger partial charge on any atom is -0.488 e. The summed E-state index contributed by atoms with van der Waals surface area (Å²) >= 11 is 0. The molecule has 2 N–H and O–H groups in total. The minimum atomic E-state index is -4.43. The number of nitrogens with zero attached hydrogens (tertiary/aromatic N) is 2. The van der Waals surface area contributed by atoms with E-state index in [2.05, 4.69) is 4.98 Å². The van der Waals surface area contributed by atoms with Gasteiger partial charge >= 0.3 is 6.18 Å².